The number of benzene rings is 2. The van der Waals surface area contributed by atoms with Crippen LogP contribution in [0.3, 0.4) is 0 Å². The van der Waals surface area contributed by atoms with Crippen molar-refractivity contribution >= 4 is 5.91 Å². The van der Waals surface area contributed by atoms with E-state index < -0.39 is 17.5 Å². The zero-order valence-electron chi connectivity index (χ0n) is 16.5. The Hall–Kier alpha value is -3.22. The predicted molar refractivity (Wildman–Crippen MR) is 104 cm³/mol. The Bertz CT molecular complexity index is 1000. The molecule has 0 bridgehead atoms. The fourth-order valence-electron chi connectivity index (χ4n) is 2.93. The number of carbonyl (C=O) groups excluding carboxylic acids is 1. The Morgan fingerprint density at radius 2 is 1.90 bits per heavy atom. The second-order valence-corrected chi connectivity index (χ2v) is 6.77. The van der Waals surface area contributed by atoms with Crippen LogP contribution in [0.1, 0.15) is 52.3 Å². The van der Waals surface area contributed by atoms with Gasteiger partial charge in [-0.25, -0.2) is 8.78 Å². The summed E-state index contributed by atoms with van der Waals surface area (Å²) in [6.07, 6.45) is 0.693. The van der Waals surface area contributed by atoms with E-state index >= 15 is 0 Å². The van der Waals surface area contributed by atoms with Crippen molar-refractivity contribution in [3.8, 4) is 5.75 Å². The Morgan fingerprint density at radius 1 is 1.17 bits per heavy atom. The summed E-state index contributed by atoms with van der Waals surface area (Å²) in [5.74, 6) is -1.66. The topological polar surface area (TPSA) is 64.4 Å². The van der Waals surface area contributed by atoms with Crippen LogP contribution in [0.2, 0.25) is 0 Å². The van der Waals surface area contributed by atoms with Crippen LogP contribution < -0.4 is 10.1 Å². The van der Waals surface area contributed by atoms with Crippen LogP contribution >= 0.6 is 0 Å². The number of carbonyl (C=O) groups is 1. The van der Waals surface area contributed by atoms with E-state index in [1.54, 1.807) is 6.92 Å². The molecular weight excluding hydrogens is 378 g/mol. The van der Waals surface area contributed by atoms with E-state index in [9.17, 15) is 13.6 Å². The maximum Gasteiger partial charge on any atom is 0.274 e. The molecule has 1 N–H and O–H groups in total. The van der Waals surface area contributed by atoms with Gasteiger partial charge in [0.1, 0.15) is 18.2 Å². The zero-order chi connectivity index (χ0) is 21.0. The van der Waals surface area contributed by atoms with Gasteiger partial charge in [-0.2, -0.15) is 0 Å². The summed E-state index contributed by atoms with van der Waals surface area (Å²) in [7, 11) is 0. The Kier molecular flexibility index (Phi) is 6.26. The maximum absolute atomic E-state index is 13.8. The molecule has 0 spiro atoms. The lowest BCUT2D eigenvalue weighted by Gasteiger charge is -2.17. The average Bonchev–Trinajstić information content (AvgIpc) is 3.07. The van der Waals surface area contributed by atoms with Gasteiger partial charge in [0.2, 0.25) is 0 Å². The van der Waals surface area contributed by atoms with Crippen molar-refractivity contribution < 1.29 is 22.8 Å². The molecule has 0 radical (unpaired) electrons. The van der Waals surface area contributed by atoms with E-state index in [-0.39, 0.29) is 24.1 Å². The first kappa shape index (κ1) is 20.5. The minimum Gasteiger partial charge on any atom is -0.486 e. The monoisotopic (exact) mass is 400 g/mol. The summed E-state index contributed by atoms with van der Waals surface area (Å²) in [5, 5.41) is 6.79. The number of aryl methyl sites for hydroxylation is 2. The molecule has 3 rings (SSSR count). The molecule has 5 nitrogen and oxygen atoms in total. The second kappa shape index (κ2) is 8.86. The van der Waals surface area contributed by atoms with Gasteiger partial charge in [-0.1, -0.05) is 41.9 Å². The minimum atomic E-state index is -0.824. The van der Waals surface area contributed by atoms with Crippen molar-refractivity contribution in [1.29, 1.82) is 0 Å². The van der Waals surface area contributed by atoms with E-state index in [4.69, 9.17) is 9.26 Å². The van der Waals surface area contributed by atoms with Crippen LogP contribution in [-0.2, 0) is 6.61 Å². The Labute approximate surface area is 167 Å². The molecule has 3 aromatic rings. The number of hydrogen-bond acceptors (Lipinski definition) is 4. The van der Waals surface area contributed by atoms with Crippen LogP contribution in [0.5, 0.6) is 5.75 Å². The van der Waals surface area contributed by atoms with E-state index in [1.807, 2.05) is 38.1 Å². The van der Waals surface area contributed by atoms with Gasteiger partial charge in [0.25, 0.3) is 5.91 Å². The standard InChI is InChI=1S/C22H22F2N2O3/c1-4-19(15-7-5-13(2)6-8-15)25-22(27)21-17(14(3)29-26-21)12-28-20-10-9-16(23)11-18(20)24/h5-11,19H,4,12H2,1-3H3,(H,25,27). The molecule has 0 aliphatic heterocycles. The first-order valence-electron chi connectivity index (χ1n) is 9.29. The summed E-state index contributed by atoms with van der Waals surface area (Å²) < 4.78 is 37.4. The number of aromatic nitrogens is 1. The third-order valence-corrected chi connectivity index (χ3v) is 4.66. The van der Waals surface area contributed by atoms with Crippen LogP contribution in [0.15, 0.2) is 47.0 Å². The molecule has 0 aliphatic carbocycles. The van der Waals surface area contributed by atoms with Crippen molar-refractivity contribution in [3.63, 3.8) is 0 Å². The fourth-order valence-corrected chi connectivity index (χ4v) is 2.93. The molecule has 152 valence electrons. The molecule has 0 saturated carbocycles. The molecule has 29 heavy (non-hydrogen) atoms. The van der Waals surface area contributed by atoms with Gasteiger partial charge < -0.3 is 14.6 Å². The number of halogens is 2. The highest BCUT2D eigenvalue weighted by atomic mass is 19.1. The van der Waals surface area contributed by atoms with Crippen molar-refractivity contribution in [2.45, 2.75) is 39.8 Å². The SMILES string of the molecule is CCC(NC(=O)c1noc(C)c1COc1ccc(F)cc1F)c1ccc(C)cc1. The fraction of sp³-hybridized carbons (Fsp3) is 0.273. The Balaban J connectivity index is 1.75. The molecular formula is C22H22F2N2O3. The van der Waals surface area contributed by atoms with Crippen molar-refractivity contribution in [1.82, 2.24) is 10.5 Å². The van der Waals surface area contributed by atoms with E-state index in [0.717, 1.165) is 23.3 Å². The van der Waals surface area contributed by atoms with Gasteiger partial charge in [0.15, 0.2) is 17.3 Å². The molecule has 1 heterocycles. The second-order valence-electron chi connectivity index (χ2n) is 6.77. The highest BCUT2D eigenvalue weighted by molar-refractivity contribution is 5.94. The van der Waals surface area contributed by atoms with Gasteiger partial charge in [0.05, 0.1) is 11.6 Å². The lowest BCUT2D eigenvalue weighted by Crippen LogP contribution is -2.29. The molecule has 0 fully saturated rings. The van der Waals surface area contributed by atoms with E-state index in [1.165, 1.54) is 6.07 Å². The summed E-state index contributed by atoms with van der Waals surface area (Å²) in [5.41, 5.74) is 2.60. The van der Waals surface area contributed by atoms with Gasteiger partial charge in [-0.15, -0.1) is 0 Å². The largest absolute Gasteiger partial charge is 0.486 e. The van der Waals surface area contributed by atoms with Crippen molar-refractivity contribution in [2.75, 3.05) is 0 Å². The Morgan fingerprint density at radius 3 is 2.55 bits per heavy atom. The van der Waals surface area contributed by atoms with Crippen molar-refractivity contribution in [2.24, 2.45) is 0 Å². The molecule has 0 aliphatic rings. The smallest absolute Gasteiger partial charge is 0.274 e. The van der Waals surface area contributed by atoms with Gasteiger partial charge in [-0.05, 0) is 38.0 Å². The number of amides is 1. The molecule has 0 saturated heterocycles. The average molecular weight is 400 g/mol. The highest BCUT2D eigenvalue weighted by Gasteiger charge is 2.23. The number of rotatable bonds is 7. The van der Waals surface area contributed by atoms with Gasteiger partial charge in [-0.3, -0.25) is 4.79 Å². The van der Waals surface area contributed by atoms with Crippen LogP contribution in [0, 0.1) is 25.5 Å². The molecule has 1 aromatic heterocycles. The molecule has 1 atom stereocenters. The number of nitrogens with zero attached hydrogens (tertiary/aromatic N) is 1. The lowest BCUT2D eigenvalue weighted by molar-refractivity contribution is 0.0924. The zero-order valence-corrected chi connectivity index (χ0v) is 16.5. The molecule has 1 amide bonds. The third-order valence-electron chi connectivity index (χ3n) is 4.66. The van der Waals surface area contributed by atoms with Crippen molar-refractivity contribution in [3.05, 3.63) is 82.2 Å². The lowest BCUT2D eigenvalue weighted by atomic mass is 10.0. The third kappa shape index (κ3) is 4.80. The quantitative estimate of drug-likeness (QED) is 0.604. The normalized spacial score (nSPS) is 11.9. The summed E-state index contributed by atoms with van der Waals surface area (Å²) in [6.45, 7) is 5.47. The molecule has 2 aromatic carbocycles. The molecule has 7 heteroatoms. The first-order chi connectivity index (χ1) is 13.9. The van der Waals surface area contributed by atoms with Crippen LogP contribution in [0.25, 0.3) is 0 Å². The van der Waals surface area contributed by atoms with E-state index in [2.05, 4.69) is 10.5 Å². The van der Waals surface area contributed by atoms with Crippen LogP contribution in [-0.4, -0.2) is 11.1 Å². The summed E-state index contributed by atoms with van der Waals surface area (Å²) >= 11 is 0. The van der Waals surface area contributed by atoms with Gasteiger partial charge in [0, 0.05) is 6.07 Å². The maximum atomic E-state index is 13.8. The molecule has 1 unspecified atom stereocenters. The number of nitrogens with one attached hydrogen (secondary N) is 1. The summed E-state index contributed by atoms with van der Waals surface area (Å²) in [4.78, 5) is 12.8. The number of hydrogen-bond donors (Lipinski definition) is 1. The predicted octanol–water partition coefficient (Wildman–Crippen LogP) is 5.03. The minimum absolute atomic E-state index is 0.0792. The first-order valence-corrected chi connectivity index (χ1v) is 9.29. The summed E-state index contributed by atoms with van der Waals surface area (Å²) in [6, 6.07) is 10.7. The number of ether oxygens (including phenoxy) is 1. The highest BCUT2D eigenvalue weighted by Crippen LogP contribution is 2.23. The van der Waals surface area contributed by atoms with Crippen LogP contribution in [0.4, 0.5) is 8.78 Å². The van der Waals surface area contributed by atoms with Gasteiger partial charge >= 0.3 is 0 Å². The van der Waals surface area contributed by atoms with E-state index in [0.29, 0.717) is 17.7 Å².